The molecular weight excluding hydrogens is 236 g/mol. The zero-order chi connectivity index (χ0) is 11.7. The lowest BCUT2D eigenvalue weighted by Gasteiger charge is -2.00. The van der Waals surface area contributed by atoms with Crippen molar-refractivity contribution in [3.8, 4) is 0 Å². The summed E-state index contributed by atoms with van der Waals surface area (Å²) in [7, 11) is 0. The molecule has 3 N–H and O–H groups in total. The molecule has 6 nitrogen and oxygen atoms in total. The molecule has 7 heteroatoms. The first-order valence-electron chi connectivity index (χ1n) is 5.46. The van der Waals surface area contributed by atoms with Crippen LogP contribution in [0.15, 0.2) is 12.3 Å². The van der Waals surface area contributed by atoms with E-state index in [4.69, 9.17) is 5.73 Å². The van der Waals surface area contributed by atoms with Crippen LogP contribution in [0.25, 0.3) is 0 Å². The van der Waals surface area contributed by atoms with Crippen LogP contribution in [0, 0.1) is 0 Å². The van der Waals surface area contributed by atoms with Gasteiger partial charge in [0, 0.05) is 23.6 Å². The Morgan fingerprint density at radius 1 is 1.41 bits per heavy atom. The minimum atomic E-state index is 0.479. The van der Waals surface area contributed by atoms with Crippen LogP contribution in [0.5, 0.6) is 0 Å². The molecular formula is C10H12N6S. The molecule has 1 saturated carbocycles. The fourth-order valence-corrected chi connectivity index (χ4v) is 2.11. The Bertz CT molecular complexity index is 521. The summed E-state index contributed by atoms with van der Waals surface area (Å²) in [6, 6.07) is 1.67. The quantitative estimate of drug-likeness (QED) is 0.850. The Kier molecular flexibility index (Phi) is 2.60. The van der Waals surface area contributed by atoms with Gasteiger partial charge in [-0.1, -0.05) is 0 Å². The Balaban J connectivity index is 1.62. The molecule has 2 heterocycles. The highest BCUT2D eigenvalue weighted by Gasteiger charge is 2.27. The van der Waals surface area contributed by atoms with E-state index in [0.29, 0.717) is 24.1 Å². The van der Waals surface area contributed by atoms with E-state index in [1.807, 2.05) is 0 Å². The van der Waals surface area contributed by atoms with Crippen LogP contribution >= 0.6 is 11.5 Å². The molecule has 17 heavy (non-hydrogen) atoms. The number of nitrogens with zero attached hydrogens (tertiary/aromatic N) is 4. The maximum absolute atomic E-state index is 5.58. The van der Waals surface area contributed by atoms with E-state index < -0.39 is 0 Å². The molecule has 0 atom stereocenters. The van der Waals surface area contributed by atoms with E-state index in [-0.39, 0.29) is 0 Å². The Morgan fingerprint density at radius 2 is 2.29 bits per heavy atom. The fourth-order valence-electron chi connectivity index (χ4n) is 1.47. The average molecular weight is 248 g/mol. The molecule has 0 amide bonds. The zero-order valence-electron chi connectivity index (χ0n) is 9.13. The predicted molar refractivity (Wildman–Crippen MR) is 65.7 cm³/mol. The molecule has 0 saturated heterocycles. The van der Waals surface area contributed by atoms with Crippen molar-refractivity contribution in [3.63, 3.8) is 0 Å². The lowest BCUT2D eigenvalue weighted by molar-refractivity contribution is 0.939. The van der Waals surface area contributed by atoms with Crippen LogP contribution in [-0.4, -0.2) is 19.3 Å². The van der Waals surface area contributed by atoms with Crippen LogP contribution in [0.2, 0.25) is 0 Å². The maximum Gasteiger partial charge on any atom is 0.202 e. The number of nitrogens with one attached hydrogen (secondary N) is 1. The number of hydrogen-bond acceptors (Lipinski definition) is 7. The van der Waals surface area contributed by atoms with Crippen LogP contribution in [0.3, 0.4) is 0 Å². The number of rotatable bonds is 4. The van der Waals surface area contributed by atoms with Crippen LogP contribution < -0.4 is 11.1 Å². The maximum atomic E-state index is 5.58. The predicted octanol–water partition coefficient (Wildman–Crippen LogP) is 1.40. The Morgan fingerprint density at radius 3 is 3.06 bits per heavy atom. The van der Waals surface area contributed by atoms with Crippen molar-refractivity contribution in [2.24, 2.45) is 0 Å². The van der Waals surface area contributed by atoms with Gasteiger partial charge in [-0.25, -0.2) is 15.0 Å². The molecule has 3 rings (SSSR count). The molecule has 1 fully saturated rings. The number of nitrogens with two attached hydrogens (primary N) is 1. The first-order valence-corrected chi connectivity index (χ1v) is 6.23. The van der Waals surface area contributed by atoms with Crippen molar-refractivity contribution in [3.05, 3.63) is 23.9 Å². The van der Waals surface area contributed by atoms with Crippen LogP contribution in [0.1, 0.15) is 30.4 Å². The summed E-state index contributed by atoms with van der Waals surface area (Å²) in [5.74, 6) is 2.69. The molecule has 1 aliphatic rings. The van der Waals surface area contributed by atoms with Crippen molar-refractivity contribution >= 4 is 22.5 Å². The van der Waals surface area contributed by atoms with Crippen LogP contribution in [-0.2, 0) is 6.54 Å². The standard InChI is InChI=1S/C10H12N6S/c11-7-3-4-12-8(14-7)5-13-10-15-9(16-17-10)6-1-2-6/h3-4,6H,1-2,5H2,(H2,11,12,14)(H,13,15,16). The largest absolute Gasteiger partial charge is 0.384 e. The minimum Gasteiger partial charge on any atom is -0.384 e. The molecule has 0 aromatic carbocycles. The highest BCUT2D eigenvalue weighted by atomic mass is 32.1. The second kappa shape index (κ2) is 4.25. The topological polar surface area (TPSA) is 89.6 Å². The van der Waals surface area contributed by atoms with Gasteiger partial charge in [-0.3, -0.25) is 0 Å². The first-order chi connectivity index (χ1) is 8.31. The van der Waals surface area contributed by atoms with Gasteiger partial charge in [0.2, 0.25) is 5.13 Å². The highest BCUT2D eigenvalue weighted by molar-refractivity contribution is 7.09. The Labute approximate surface area is 102 Å². The van der Waals surface area contributed by atoms with E-state index >= 15 is 0 Å². The lowest BCUT2D eigenvalue weighted by Crippen LogP contribution is -2.05. The normalized spacial score (nSPS) is 14.8. The van der Waals surface area contributed by atoms with E-state index in [0.717, 1.165) is 11.0 Å². The van der Waals surface area contributed by atoms with E-state index in [1.54, 1.807) is 12.3 Å². The SMILES string of the molecule is Nc1ccnc(CNc2nc(C3CC3)ns2)n1. The minimum absolute atomic E-state index is 0.479. The van der Waals surface area contributed by atoms with E-state index in [9.17, 15) is 0 Å². The molecule has 0 bridgehead atoms. The van der Waals surface area contributed by atoms with Gasteiger partial charge in [0.25, 0.3) is 0 Å². The third-order valence-electron chi connectivity index (χ3n) is 2.51. The number of nitrogen functional groups attached to an aromatic ring is 1. The smallest absolute Gasteiger partial charge is 0.202 e. The van der Waals surface area contributed by atoms with Crippen molar-refractivity contribution in [1.82, 2.24) is 19.3 Å². The van der Waals surface area contributed by atoms with Crippen molar-refractivity contribution < 1.29 is 0 Å². The number of anilines is 2. The third kappa shape index (κ3) is 2.50. The summed E-state index contributed by atoms with van der Waals surface area (Å²) in [5.41, 5.74) is 5.58. The number of aromatic nitrogens is 4. The van der Waals surface area contributed by atoms with Crippen molar-refractivity contribution in [1.29, 1.82) is 0 Å². The molecule has 0 unspecified atom stereocenters. The molecule has 1 aliphatic carbocycles. The average Bonchev–Trinajstić information content (AvgIpc) is 3.07. The van der Waals surface area contributed by atoms with Crippen LogP contribution in [0.4, 0.5) is 10.9 Å². The molecule has 2 aromatic heterocycles. The molecule has 0 aliphatic heterocycles. The van der Waals surface area contributed by atoms with E-state index in [1.165, 1.54) is 24.4 Å². The second-order valence-electron chi connectivity index (χ2n) is 3.98. The number of hydrogen-bond donors (Lipinski definition) is 2. The molecule has 88 valence electrons. The van der Waals surface area contributed by atoms with Gasteiger partial charge in [-0.15, -0.1) is 0 Å². The fraction of sp³-hybridized carbons (Fsp3) is 0.400. The van der Waals surface area contributed by atoms with Gasteiger partial charge in [-0.05, 0) is 18.9 Å². The molecule has 0 radical (unpaired) electrons. The Hall–Kier alpha value is -1.76. The van der Waals surface area contributed by atoms with Gasteiger partial charge < -0.3 is 11.1 Å². The van der Waals surface area contributed by atoms with Crippen molar-refractivity contribution in [2.75, 3.05) is 11.1 Å². The molecule has 0 spiro atoms. The summed E-state index contributed by atoms with van der Waals surface area (Å²) in [4.78, 5) is 12.6. The van der Waals surface area contributed by atoms with Crippen molar-refractivity contribution in [2.45, 2.75) is 25.3 Å². The summed E-state index contributed by atoms with van der Waals surface area (Å²) < 4.78 is 4.31. The summed E-state index contributed by atoms with van der Waals surface area (Å²) in [6.45, 7) is 0.518. The highest BCUT2D eigenvalue weighted by Crippen LogP contribution is 2.39. The zero-order valence-corrected chi connectivity index (χ0v) is 9.94. The lowest BCUT2D eigenvalue weighted by atomic mass is 10.4. The second-order valence-corrected chi connectivity index (χ2v) is 4.74. The molecule has 2 aromatic rings. The van der Waals surface area contributed by atoms with Gasteiger partial charge in [0.15, 0.2) is 0 Å². The summed E-state index contributed by atoms with van der Waals surface area (Å²) in [5, 5.41) is 3.97. The van der Waals surface area contributed by atoms with Gasteiger partial charge in [-0.2, -0.15) is 4.37 Å². The third-order valence-corrected chi connectivity index (χ3v) is 3.20. The van der Waals surface area contributed by atoms with Gasteiger partial charge in [0.05, 0.1) is 6.54 Å². The van der Waals surface area contributed by atoms with Gasteiger partial charge >= 0.3 is 0 Å². The summed E-state index contributed by atoms with van der Waals surface area (Å²) >= 11 is 1.38. The monoisotopic (exact) mass is 248 g/mol. The summed E-state index contributed by atoms with van der Waals surface area (Å²) in [6.07, 6.45) is 4.08. The van der Waals surface area contributed by atoms with E-state index in [2.05, 4.69) is 24.6 Å². The first kappa shape index (κ1) is 10.4. The van der Waals surface area contributed by atoms with Gasteiger partial charge in [0.1, 0.15) is 17.5 Å².